The van der Waals surface area contributed by atoms with Crippen LogP contribution in [0.25, 0.3) is 0 Å². The van der Waals surface area contributed by atoms with Gasteiger partial charge in [-0.15, -0.1) is 0 Å². The van der Waals surface area contributed by atoms with Crippen molar-refractivity contribution in [1.82, 2.24) is 0 Å². The number of anilines is 1. The van der Waals surface area contributed by atoms with E-state index >= 15 is 0 Å². The Bertz CT molecular complexity index is 1160. The third kappa shape index (κ3) is 3.66. The largest absolute Gasteiger partial charge is 0.487 e. The molecule has 156 valence electrons. The van der Waals surface area contributed by atoms with Crippen LogP contribution in [-0.2, 0) is 6.61 Å². The summed E-state index contributed by atoms with van der Waals surface area (Å²) in [6, 6.07) is 21.2. The van der Waals surface area contributed by atoms with Crippen LogP contribution in [0, 0.1) is 16.0 Å². The molecule has 0 bridgehead atoms. The summed E-state index contributed by atoms with van der Waals surface area (Å²) in [6.07, 6.45) is 5.34. The van der Waals surface area contributed by atoms with Crippen molar-refractivity contribution in [3.63, 3.8) is 0 Å². The van der Waals surface area contributed by atoms with Gasteiger partial charge in [0, 0.05) is 12.0 Å². The molecule has 5 nitrogen and oxygen atoms in total. The number of hydrogen-bond acceptors (Lipinski definition) is 4. The van der Waals surface area contributed by atoms with E-state index in [1.807, 2.05) is 48.5 Å². The fraction of sp³-hybridized carbons (Fsp3) is 0.200. The lowest BCUT2D eigenvalue weighted by molar-refractivity contribution is -0.384. The van der Waals surface area contributed by atoms with Crippen molar-refractivity contribution in [2.45, 2.75) is 25.0 Å². The second kappa shape index (κ2) is 8.08. The Morgan fingerprint density at radius 3 is 2.74 bits per heavy atom. The summed E-state index contributed by atoms with van der Waals surface area (Å²) in [5.41, 5.74) is 4.04. The van der Waals surface area contributed by atoms with Gasteiger partial charge in [-0.2, -0.15) is 0 Å². The third-order valence-corrected chi connectivity index (χ3v) is 6.44. The van der Waals surface area contributed by atoms with E-state index in [-0.39, 0.29) is 28.6 Å². The second-order valence-corrected chi connectivity index (χ2v) is 8.35. The van der Waals surface area contributed by atoms with Crippen LogP contribution in [-0.4, -0.2) is 4.92 Å². The van der Waals surface area contributed by atoms with E-state index in [2.05, 4.69) is 23.5 Å². The lowest BCUT2D eigenvalue weighted by atomic mass is 9.77. The maximum atomic E-state index is 11.4. The predicted molar refractivity (Wildman–Crippen MR) is 122 cm³/mol. The standard InChI is InChI=1S/C25H21ClN2O3/c26-21-13-12-17(14-22(21)28(29)30)24-19-9-4-8-18(19)20-10-5-11-23(25(20)27-24)31-15-16-6-2-1-3-7-16/h1-8,10-14,18-19,24,27H,9,15H2. The molecule has 3 aromatic carbocycles. The fourth-order valence-electron chi connectivity index (χ4n) is 4.64. The number of ether oxygens (including phenoxy) is 1. The van der Waals surface area contributed by atoms with Gasteiger partial charge in [0.05, 0.1) is 16.7 Å². The van der Waals surface area contributed by atoms with Crippen molar-refractivity contribution in [1.29, 1.82) is 0 Å². The molecule has 3 unspecified atom stereocenters. The molecule has 1 aliphatic heterocycles. The van der Waals surface area contributed by atoms with Crippen molar-refractivity contribution >= 4 is 23.0 Å². The monoisotopic (exact) mass is 432 g/mol. The van der Waals surface area contributed by atoms with Gasteiger partial charge in [0.15, 0.2) is 0 Å². The quantitative estimate of drug-likeness (QED) is 0.278. The predicted octanol–water partition coefficient (Wildman–Crippen LogP) is 6.65. The molecule has 0 amide bonds. The molecule has 0 spiro atoms. The fourth-order valence-corrected chi connectivity index (χ4v) is 4.83. The van der Waals surface area contributed by atoms with Crippen LogP contribution in [0.15, 0.2) is 78.9 Å². The van der Waals surface area contributed by atoms with Crippen molar-refractivity contribution in [2.24, 2.45) is 5.92 Å². The number of benzene rings is 3. The Morgan fingerprint density at radius 2 is 1.94 bits per heavy atom. The number of nitro groups is 1. The number of para-hydroxylation sites is 1. The average Bonchev–Trinajstić information content (AvgIpc) is 3.28. The zero-order valence-electron chi connectivity index (χ0n) is 16.7. The number of halogens is 1. The molecule has 5 rings (SSSR count). The number of fused-ring (bicyclic) bond motifs is 3. The zero-order chi connectivity index (χ0) is 21.4. The minimum atomic E-state index is -0.429. The van der Waals surface area contributed by atoms with E-state index in [0.29, 0.717) is 6.61 Å². The van der Waals surface area contributed by atoms with E-state index in [1.54, 1.807) is 12.1 Å². The minimum Gasteiger partial charge on any atom is -0.487 e. The van der Waals surface area contributed by atoms with Crippen LogP contribution in [0.3, 0.4) is 0 Å². The minimum absolute atomic E-state index is 0.0668. The van der Waals surface area contributed by atoms with Crippen molar-refractivity contribution < 1.29 is 9.66 Å². The summed E-state index contributed by atoms with van der Waals surface area (Å²) < 4.78 is 6.19. The van der Waals surface area contributed by atoms with Gasteiger partial charge in [-0.05, 0) is 41.2 Å². The van der Waals surface area contributed by atoms with Gasteiger partial charge in [0.25, 0.3) is 5.69 Å². The smallest absolute Gasteiger partial charge is 0.288 e. The number of nitrogens with zero attached hydrogens (tertiary/aromatic N) is 1. The highest BCUT2D eigenvalue weighted by molar-refractivity contribution is 6.32. The molecular weight excluding hydrogens is 412 g/mol. The molecule has 0 radical (unpaired) electrons. The molecule has 2 aliphatic rings. The Balaban J connectivity index is 1.51. The van der Waals surface area contributed by atoms with Crippen LogP contribution in [0.1, 0.15) is 35.1 Å². The van der Waals surface area contributed by atoms with Gasteiger partial charge in [-0.1, -0.05) is 72.3 Å². The SMILES string of the molecule is O=[N+]([O-])c1cc(C2Nc3c(OCc4ccccc4)cccc3C3C=CCC32)ccc1Cl. The van der Waals surface area contributed by atoms with Crippen molar-refractivity contribution in [3.8, 4) is 5.75 Å². The molecular formula is C25H21ClN2O3. The van der Waals surface area contributed by atoms with Crippen LogP contribution in [0.4, 0.5) is 11.4 Å². The van der Waals surface area contributed by atoms with E-state index in [1.165, 1.54) is 5.56 Å². The summed E-state index contributed by atoms with van der Waals surface area (Å²) in [7, 11) is 0. The van der Waals surface area contributed by atoms with E-state index < -0.39 is 4.92 Å². The lowest BCUT2D eigenvalue weighted by Crippen LogP contribution is -2.29. The van der Waals surface area contributed by atoms with Gasteiger partial charge in [0.1, 0.15) is 17.4 Å². The van der Waals surface area contributed by atoms with Crippen LogP contribution in [0.5, 0.6) is 5.75 Å². The summed E-state index contributed by atoms with van der Waals surface area (Å²) in [4.78, 5) is 11.0. The van der Waals surface area contributed by atoms with Gasteiger partial charge in [-0.3, -0.25) is 10.1 Å². The van der Waals surface area contributed by atoms with Crippen LogP contribution < -0.4 is 10.1 Å². The van der Waals surface area contributed by atoms with Crippen molar-refractivity contribution in [3.05, 3.63) is 111 Å². The first-order valence-corrected chi connectivity index (χ1v) is 10.7. The third-order valence-electron chi connectivity index (χ3n) is 6.12. The highest BCUT2D eigenvalue weighted by atomic mass is 35.5. The molecule has 0 fully saturated rings. The number of nitrogens with one attached hydrogen (secondary N) is 1. The zero-order valence-corrected chi connectivity index (χ0v) is 17.5. The first kappa shape index (κ1) is 19.6. The first-order valence-electron chi connectivity index (χ1n) is 10.3. The van der Waals surface area contributed by atoms with Crippen molar-refractivity contribution in [2.75, 3.05) is 5.32 Å². The lowest BCUT2D eigenvalue weighted by Gasteiger charge is -2.38. The molecule has 0 aromatic heterocycles. The summed E-state index contributed by atoms with van der Waals surface area (Å²) in [6.45, 7) is 0.472. The number of allylic oxidation sites excluding steroid dienone is 2. The maximum absolute atomic E-state index is 11.4. The molecule has 0 saturated carbocycles. The summed E-state index contributed by atoms with van der Waals surface area (Å²) in [5, 5.41) is 15.2. The van der Waals surface area contributed by atoms with E-state index in [4.69, 9.17) is 16.3 Å². The second-order valence-electron chi connectivity index (χ2n) is 7.94. The summed E-state index contributed by atoms with van der Waals surface area (Å²) in [5.74, 6) is 1.29. The molecule has 1 aliphatic carbocycles. The highest BCUT2D eigenvalue weighted by Gasteiger charge is 2.39. The Morgan fingerprint density at radius 1 is 1.10 bits per heavy atom. The topological polar surface area (TPSA) is 64.4 Å². The maximum Gasteiger partial charge on any atom is 0.288 e. The Kier molecular flexibility index (Phi) is 5.12. The average molecular weight is 433 g/mol. The molecule has 3 aromatic rings. The number of rotatable bonds is 5. The summed E-state index contributed by atoms with van der Waals surface area (Å²) >= 11 is 6.05. The van der Waals surface area contributed by atoms with E-state index in [9.17, 15) is 10.1 Å². The molecule has 1 heterocycles. The Labute approximate surface area is 185 Å². The first-order chi connectivity index (χ1) is 15.1. The number of nitro benzene ring substituents is 1. The molecule has 3 atom stereocenters. The molecule has 6 heteroatoms. The normalized spacial score (nSPS) is 21.1. The molecule has 0 saturated heterocycles. The molecule has 31 heavy (non-hydrogen) atoms. The Hall–Kier alpha value is -3.31. The van der Waals surface area contributed by atoms with E-state index in [0.717, 1.165) is 29.0 Å². The van der Waals surface area contributed by atoms with Crippen LogP contribution >= 0.6 is 11.6 Å². The van der Waals surface area contributed by atoms with Gasteiger partial charge in [-0.25, -0.2) is 0 Å². The molecule has 1 N–H and O–H groups in total. The van der Waals surface area contributed by atoms with Crippen LogP contribution in [0.2, 0.25) is 5.02 Å². The highest BCUT2D eigenvalue weighted by Crippen LogP contribution is 2.52. The van der Waals surface area contributed by atoms with Gasteiger partial charge in [0.2, 0.25) is 0 Å². The van der Waals surface area contributed by atoms with Gasteiger partial charge >= 0.3 is 0 Å². The van der Waals surface area contributed by atoms with Gasteiger partial charge < -0.3 is 10.1 Å². The number of hydrogen-bond donors (Lipinski definition) is 1.